The fourth-order valence-corrected chi connectivity index (χ4v) is 1.60. The van der Waals surface area contributed by atoms with Crippen LogP contribution in [0.1, 0.15) is 11.3 Å². The van der Waals surface area contributed by atoms with Crippen LogP contribution >= 0.6 is 0 Å². The Balaban J connectivity index is 2.18. The van der Waals surface area contributed by atoms with Crippen molar-refractivity contribution >= 4 is 11.2 Å². The zero-order chi connectivity index (χ0) is 11.1. The van der Waals surface area contributed by atoms with Gasteiger partial charge in [0.25, 0.3) is 0 Å². The lowest BCUT2D eigenvalue weighted by Gasteiger charge is -1.88. The van der Waals surface area contributed by atoms with Crippen LogP contribution in [-0.2, 0) is 0 Å². The summed E-state index contributed by atoms with van der Waals surface area (Å²) >= 11 is 0. The number of H-pyrrole nitrogens is 1. The Morgan fingerprint density at radius 3 is 2.88 bits per heavy atom. The van der Waals surface area contributed by atoms with Gasteiger partial charge in [-0.05, 0) is 25.5 Å². The lowest BCUT2D eigenvalue weighted by Crippen LogP contribution is -1.77. The maximum absolute atomic E-state index is 5.14. The summed E-state index contributed by atoms with van der Waals surface area (Å²) in [5, 5.41) is 3.83. The average Bonchev–Trinajstić information content (AvgIpc) is 2.83. The van der Waals surface area contributed by atoms with Crippen molar-refractivity contribution in [1.82, 2.24) is 20.1 Å². The molecule has 0 atom stereocenters. The van der Waals surface area contributed by atoms with Crippen LogP contribution in [0.15, 0.2) is 22.9 Å². The predicted octanol–water partition coefficient (Wildman–Crippen LogP) is 2.23. The molecule has 0 bridgehead atoms. The molecule has 3 rings (SSSR count). The van der Waals surface area contributed by atoms with Crippen LogP contribution in [0.5, 0.6) is 0 Å². The predicted molar refractivity (Wildman–Crippen MR) is 58.9 cm³/mol. The second-order valence-corrected chi connectivity index (χ2v) is 3.80. The largest absolute Gasteiger partial charge is 0.353 e. The quantitative estimate of drug-likeness (QED) is 0.674. The fraction of sp³-hybridized carbons (Fsp3) is 0.182. The number of aromatic nitrogens is 4. The molecular weight excluding hydrogens is 204 g/mol. The van der Waals surface area contributed by atoms with Crippen LogP contribution in [0, 0.1) is 13.8 Å². The number of fused-ring (bicyclic) bond motifs is 1. The molecule has 0 amide bonds. The van der Waals surface area contributed by atoms with Crippen molar-refractivity contribution in [3.63, 3.8) is 0 Å². The van der Waals surface area contributed by atoms with E-state index < -0.39 is 0 Å². The van der Waals surface area contributed by atoms with E-state index in [4.69, 9.17) is 4.52 Å². The Labute approximate surface area is 91.5 Å². The van der Waals surface area contributed by atoms with Crippen LogP contribution in [0.2, 0.25) is 0 Å². The van der Waals surface area contributed by atoms with Crippen LogP contribution in [-0.4, -0.2) is 20.1 Å². The Morgan fingerprint density at radius 1 is 1.25 bits per heavy atom. The topological polar surface area (TPSA) is 67.6 Å². The first-order valence-corrected chi connectivity index (χ1v) is 4.98. The monoisotopic (exact) mass is 214 g/mol. The Bertz CT molecular complexity index is 653. The van der Waals surface area contributed by atoms with E-state index in [1.807, 2.05) is 26.0 Å². The molecular formula is C11H10N4O. The second-order valence-electron chi connectivity index (χ2n) is 3.80. The third-order valence-corrected chi connectivity index (χ3v) is 2.34. The average molecular weight is 214 g/mol. The first-order chi connectivity index (χ1) is 7.72. The third kappa shape index (κ3) is 1.37. The second kappa shape index (κ2) is 3.16. The SMILES string of the molecule is Cc1cnc2nc(-c3cc(C)no3)[nH]c2c1. The van der Waals surface area contributed by atoms with Crippen molar-refractivity contribution in [2.45, 2.75) is 13.8 Å². The van der Waals surface area contributed by atoms with Gasteiger partial charge in [-0.3, -0.25) is 0 Å². The standard InChI is InChI=1S/C11H10N4O/c1-6-3-8-10(12-5-6)14-11(13-8)9-4-7(2)15-16-9/h3-5H,1-2H3,(H,12,13,14). The van der Waals surface area contributed by atoms with E-state index in [-0.39, 0.29) is 0 Å². The minimum atomic E-state index is 0.633. The van der Waals surface area contributed by atoms with Crippen LogP contribution < -0.4 is 0 Å². The van der Waals surface area contributed by atoms with Crippen molar-refractivity contribution in [3.8, 4) is 11.6 Å². The highest BCUT2D eigenvalue weighted by atomic mass is 16.5. The molecule has 80 valence electrons. The number of hydrogen-bond donors (Lipinski definition) is 1. The molecule has 3 heterocycles. The van der Waals surface area contributed by atoms with Crippen LogP contribution in [0.4, 0.5) is 0 Å². The van der Waals surface area contributed by atoms with E-state index in [1.165, 1.54) is 0 Å². The normalized spacial score (nSPS) is 11.1. The summed E-state index contributed by atoms with van der Waals surface area (Å²) in [6.45, 7) is 3.86. The summed E-state index contributed by atoms with van der Waals surface area (Å²) in [6, 6.07) is 3.84. The number of nitrogens with one attached hydrogen (secondary N) is 1. The van der Waals surface area contributed by atoms with Crippen molar-refractivity contribution in [1.29, 1.82) is 0 Å². The molecule has 0 radical (unpaired) electrons. The fourth-order valence-electron chi connectivity index (χ4n) is 1.60. The minimum absolute atomic E-state index is 0.633. The molecule has 0 fully saturated rings. The number of aromatic amines is 1. The summed E-state index contributed by atoms with van der Waals surface area (Å²) in [4.78, 5) is 11.7. The third-order valence-electron chi connectivity index (χ3n) is 2.34. The molecule has 3 aromatic rings. The molecule has 1 N–H and O–H groups in total. The van der Waals surface area contributed by atoms with Gasteiger partial charge in [-0.2, -0.15) is 0 Å². The lowest BCUT2D eigenvalue weighted by molar-refractivity contribution is 0.425. The van der Waals surface area contributed by atoms with Gasteiger partial charge in [-0.1, -0.05) is 5.16 Å². The molecule has 5 nitrogen and oxygen atoms in total. The van der Waals surface area contributed by atoms with E-state index in [2.05, 4.69) is 20.1 Å². The molecule has 0 aliphatic carbocycles. The smallest absolute Gasteiger partial charge is 0.202 e. The zero-order valence-corrected chi connectivity index (χ0v) is 8.98. The van der Waals surface area contributed by atoms with Gasteiger partial charge >= 0.3 is 0 Å². The Hall–Kier alpha value is -2.17. The Kier molecular flexibility index (Phi) is 1.80. The minimum Gasteiger partial charge on any atom is -0.353 e. The highest BCUT2D eigenvalue weighted by Gasteiger charge is 2.10. The van der Waals surface area contributed by atoms with Gasteiger partial charge in [0, 0.05) is 12.3 Å². The van der Waals surface area contributed by atoms with E-state index in [9.17, 15) is 0 Å². The molecule has 0 saturated heterocycles. The molecule has 16 heavy (non-hydrogen) atoms. The molecule has 0 spiro atoms. The molecule has 0 unspecified atom stereocenters. The highest BCUT2D eigenvalue weighted by molar-refractivity contribution is 5.75. The molecule has 3 aromatic heterocycles. The van der Waals surface area contributed by atoms with E-state index in [1.54, 1.807) is 6.20 Å². The maximum atomic E-state index is 5.14. The molecule has 0 aliphatic rings. The first-order valence-electron chi connectivity index (χ1n) is 4.98. The van der Waals surface area contributed by atoms with Crippen molar-refractivity contribution in [2.24, 2.45) is 0 Å². The number of hydrogen-bond acceptors (Lipinski definition) is 4. The van der Waals surface area contributed by atoms with Gasteiger partial charge in [0.1, 0.15) is 0 Å². The van der Waals surface area contributed by atoms with E-state index in [0.29, 0.717) is 17.2 Å². The number of pyridine rings is 1. The molecule has 0 aliphatic heterocycles. The van der Waals surface area contributed by atoms with Gasteiger partial charge in [-0.15, -0.1) is 0 Å². The summed E-state index contributed by atoms with van der Waals surface area (Å²) in [5.41, 5.74) is 3.52. The van der Waals surface area contributed by atoms with Gasteiger partial charge in [-0.25, -0.2) is 9.97 Å². The van der Waals surface area contributed by atoms with Crippen molar-refractivity contribution in [2.75, 3.05) is 0 Å². The van der Waals surface area contributed by atoms with Gasteiger partial charge < -0.3 is 9.51 Å². The number of nitrogens with zero attached hydrogens (tertiary/aromatic N) is 3. The van der Waals surface area contributed by atoms with Crippen LogP contribution in [0.3, 0.4) is 0 Å². The van der Waals surface area contributed by atoms with Gasteiger partial charge in [0.05, 0.1) is 11.2 Å². The summed E-state index contributed by atoms with van der Waals surface area (Å²) in [5.74, 6) is 1.29. The lowest BCUT2D eigenvalue weighted by atomic mass is 10.3. The Morgan fingerprint density at radius 2 is 2.12 bits per heavy atom. The first kappa shape index (κ1) is 9.08. The number of aryl methyl sites for hydroxylation is 2. The summed E-state index contributed by atoms with van der Waals surface area (Å²) < 4.78 is 5.14. The van der Waals surface area contributed by atoms with E-state index >= 15 is 0 Å². The zero-order valence-electron chi connectivity index (χ0n) is 8.98. The van der Waals surface area contributed by atoms with E-state index in [0.717, 1.165) is 16.8 Å². The highest BCUT2D eigenvalue weighted by Crippen LogP contribution is 2.20. The summed E-state index contributed by atoms with van der Waals surface area (Å²) in [6.07, 6.45) is 1.79. The van der Waals surface area contributed by atoms with Gasteiger partial charge in [0.2, 0.25) is 5.76 Å². The van der Waals surface area contributed by atoms with Gasteiger partial charge in [0.15, 0.2) is 11.5 Å². The molecule has 0 saturated carbocycles. The summed E-state index contributed by atoms with van der Waals surface area (Å²) in [7, 11) is 0. The number of imidazole rings is 1. The molecule has 0 aromatic carbocycles. The van der Waals surface area contributed by atoms with Crippen molar-refractivity contribution in [3.05, 3.63) is 29.6 Å². The number of rotatable bonds is 1. The van der Waals surface area contributed by atoms with Crippen molar-refractivity contribution < 1.29 is 4.52 Å². The molecule has 5 heteroatoms. The van der Waals surface area contributed by atoms with Crippen LogP contribution in [0.25, 0.3) is 22.7 Å². The maximum Gasteiger partial charge on any atom is 0.202 e.